The van der Waals surface area contributed by atoms with Crippen LogP contribution in [-0.2, 0) is 9.59 Å². The first-order valence-corrected chi connectivity index (χ1v) is 8.57. The third-order valence-electron chi connectivity index (χ3n) is 4.92. The van der Waals surface area contributed by atoms with Crippen LogP contribution in [0.25, 0.3) is 0 Å². The Morgan fingerprint density at radius 3 is 2.48 bits per heavy atom. The molecule has 6 heteroatoms. The van der Waals surface area contributed by atoms with Crippen molar-refractivity contribution in [3.8, 4) is 5.75 Å². The van der Waals surface area contributed by atoms with Gasteiger partial charge in [-0.3, -0.25) is 14.4 Å². The van der Waals surface area contributed by atoms with Gasteiger partial charge in [-0.2, -0.15) is 0 Å². The maximum absolute atomic E-state index is 12.2. The van der Waals surface area contributed by atoms with Crippen LogP contribution in [0.4, 0.5) is 0 Å². The first-order chi connectivity index (χ1) is 11.9. The van der Waals surface area contributed by atoms with Gasteiger partial charge < -0.3 is 15.2 Å². The Hall–Kier alpha value is -2.37. The van der Waals surface area contributed by atoms with Gasteiger partial charge in [0.15, 0.2) is 5.78 Å². The predicted octanol–water partition coefficient (Wildman–Crippen LogP) is 2.81. The number of Topliss-reactive ketones (excluding diaryl/α,β-unsaturated/α-hetero) is 1. The number of hydrogen-bond acceptors (Lipinski definition) is 4. The van der Waals surface area contributed by atoms with E-state index in [4.69, 9.17) is 4.74 Å². The van der Waals surface area contributed by atoms with Crippen LogP contribution < -0.4 is 10.1 Å². The molecule has 1 aliphatic carbocycles. The maximum atomic E-state index is 12.2. The van der Waals surface area contributed by atoms with E-state index in [1.165, 1.54) is 0 Å². The molecule has 0 radical (unpaired) electrons. The molecule has 1 amide bonds. The first-order valence-electron chi connectivity index (χ1n) is 8.57. The van der Waals surface area contributed by atoms with Crippen LogP contribution in [0.15, 0.2) is 24.3 Å². The van der Waals surface area contributed by atoms with E-state index >= 15 is 0 Å². The zero-order chi connectivity index (χ0) is 18.4. The second-order valence-electron chi connectivity index (χ2n) is 6.75. The fourth-order valence-corrected chi connectivity index (χ4v) is 3.41. The minimum absolute atomic E-state index is 0.0484. The van der Waals surface area contributed by atoms with Crippen molar-refractivity contribution in [1.29, 1.82) is 0 Å². The van der Waals surface area contributed by atoms with Crippen LogP contribution in [0, 0.1) is 5.92 Å². The van der Waals surface area contributed by atoms with Crippen LogP contribution >= 0.6 is 0 Å². The van der Waals surface area contributed by atoms with Gasteiger partial charge in [0.05, 0.1) is 18.6 Å². The summed E-state index contributed by atoms with van der Waals surface area (Å²) in [5, 5.41) is 12.2. The van der Waals surface area contributed by atoms with Gasteiger partial charge in [0.2, 0.25) is 5.91 Å². The van der Waals surface area contributed by atoms with Crippen LogP contribution in [0.1, 0.15) is 55.8 Å². The van der Waals surface area contributed by atoms with Gasteiger partial charge in [0.1, 0.15) is 5.75 Å². The van der Waals surface area contributed by atoms with Crippen molar-refractivity contribution in [2.24, 2.45) is 5.92 Å². The average molecular weight is 347 g/mol. The number of nitrogens with one attached hydrogen (secondary N) is 1. The highest BCUT2D eigenvalue weighted by Crippen LogP contribution is 2.34. The van der Waals surface area contributed by atoms with Crippen molar-refractivity contribution in [2.75, 3.05) is 7.11 Å². The molecule has 1 fully saturated rings. The summed E-state index contributed by atoms with van der Waals surface area (Å²) in [7, 11) is 1.55. The van der Waals surface area contributed by atoms with E-state index in [1.54, 1.807) is 38.3 Å². The third-order valence-corrected chi connectivity index (χ3v) is 4.92. The first kappa shape index (κ1) is 19.0. The molecule has 2 N–H and O–H groups in total. The molecule has 0 bridgehead atoms. The Kier molecular flexibility index (Phi) is 6.17. The van der Waals surface area contributed by atoms with Crippen molar-refractivity contribution in [1.82, 2.24) is 5.32 Å². The van der Waals surface area contributed by atoms with Gasteiger partial charge in [0.25, 0.3) is 0 Å². The molecule has 6 nitrogen and oxygen atoms in total. The van der Waals surface area contributed by atoms with Gasteiger partial charge in [-0.15, -0.1) is 0 Å². The summed E-state index contributed by atoms with van der Waals surface area (Å²) < 4.78 is 5.05. The summed E-state index contributed by atoms with van der Waals surface area (Å²) in [5.74, 6) is -1.20. The SMILES string of the molecule is COc1ccc(C(=O)CCC(=O)NC2(C)CCCCC2C(=O)O)cc1. The number of carboxylic acid groups (broad SMARTS) is 1. The Bertz CT molecular complexity index is 640. The smallest absolute Gasteiger partial charge is 0.308 e. The quantitative estimate of drug-likeness (QED) is 0.740. The number of ketones is 1. The summed E-state index contributed by atoms with van der Waals surface area (Å²) in [6, 6.07) is 6.74. The lowest BCUT2D eigenvalue weighted by Crippen LogP contribution is -2.55. The van der Waals surface area contributed by atoms with E-state index in [1.807, 2.05) is 0 Å². The fraction of sp³-hybridized carbons (Fsp3) is 0.526. The number of methoxy groups -OCH3 is 1. The molecule has 1 aliphatic rings. The van der Waals surface area contributed by atoms with Crippen LogP contribution in [-0.4, -0.2) is 35.4 Å². The second kappa shape index (κ2) is 8.14. The Balaban J connectivity index is 1.90. The minimum atomic E-state index is -0.878. The molecular weight excluding hydrogens is 322 g/mol. The van der Waals surface area contributed by atoms with Crippen LogP contribution in [0.2, 0.25) is 0 Å². The number of carbonyl (C=O) groups is 3. The van der Waals surface area contributed by atoms with Crippen molar-refractivity contribution < 1.29 is 24.2 Å². The summed E-state index contributed by atoms with van der Waals surface area (Å²) in [4.78, 5) is 35.9. The van der Waals surface area contributed by atoms with E-state index in [2.05, 4.69) is 5.32 Å². The second-order valence-corrected chi connectivity index (χ2v) is 6.75. The fourth-order valence-electron chi connectivity index (χ4n) is 3.41. The topological polar surface area (TPSA) is 92.7 Å². The molecule has 0 saturated heterocycles. The number of aliphatic carboxylic acids is 1. The molecular formula is C19H25NO5. The van der Waals surface area contributed by atoms with Crippen molar-refractivity contribution in [3.05, 3.63) is 29.8 Å². The van der Waals surface area contributed by atoms with Crippen molar-refractivity contribution in [3.63, 3.8) is 0 Å². The molecule has 0 aromatic heterocycles. The van der Waals surface area contributed by atoms with Gasteiger partial charge in [-0.05, 0) is 44.0 Å². The molecule has 1 saturated carbocycles. The number of ether oxygens (including phenoxy) is 1. The largest absolute Gasteiger partial charge is 0.497 e. The average Bonchev–Trinajstić information content (AvgIpc) is 2.59. The Labute approximate surface area is 147 Å². The van der Waals surface area contributed by atoms with Crippen LogP contribution in [0.3, 0.4) is 0 Å². The number of carbonyl (C=O) groups excluding carboxylic acids is 2. The van der Waals surface area contributed by atoms with E-state index in [0.717, 1.165) is 12.8 Å². The number of carboxylic acids is 1. The van der Waals surface area contributed by atoms with Gasteiger partial charge in [-0.25, -0.2) is 0 Å². The summed E-state index contributed by atoms with van der Waals surface area (Å²) in [5.41, 5.74) is -0.217. The molecule has 0 spiro atoms. The number of amides is 1. The highest BCUT2D eigenvalue weighted by molar-refractivity contribution is 5.98. The number of benzene rings is 1. The van der Waals surface area contributed by atoms with E-state index in [0.29, 0.717) is 24.2 Å². The monoisotopic (exact) mass is 347 g/mol. The molecule has 1 aromatic carbocycles. The number of rotatable bonds is 7. The highest BCUT2D eigenvalue weighted by Gasteiger charge is 2.42. The predicted molar refractivity (Wildman–Crippen MR) is 92.7 cm³/mol. The van der Waals surface area contributed by atoms with Gasteiger partial charge in [0, 0.05) is 18.4 Å². The molecule has 2 atom stereocenters. The normalized spacial score (nSPS) is 22.9. The van der Waals surface area contributed by atoms with Crippen molar-refractivity contribution in [2.45, 2.75) is 51.0 Å². The standard InChI is InChI=1S/C19H25NO5/c1-19(12-4-3-5-15(19)18(23)24)20-17(22)11-10-16(21)13-6-8-14(25-2)9-7-13/h6-9,15H,3-5,10-12H2,1-2H3,(H,20,22)(H,23,24). The third kappa shape index (κ3) is 4.81. The van der Waals surface area contributed by atoms with E-state index in [-0.39, 0.29) is 24.5 Å². The molecule has 136 valence electrons. The summed E-state index contributed by atoms with van der Waals surface area (Å²) in [6.07, 6.45) is 3.10. The lowest BCUT2D eigenvalue weighted by atomic mass is 9.74. The molecule has 0 heterocycles. The Morgan fingerprint density at radius 2 is 1.88 bits per heavy atom. The van der Waals surface area contributed by atoms with Crippen molar-refractivity contribution >= 4 is 17.7 Å². The van der Waals surface area contributed by atoms with Crippen LogP contribution in [0.5, 0.6) is 5.75 Å². The Morgan fingerprint density at radius 1 is 1.20 bits per heavy atom. The lowest BCUT2D eigenvalue weighted by Gasteiger charge is -2.39. The van der Waals surface area contributed by atoms with E-state index in [9.17, 15) is 19.5 Å². The van der Waals surface area contributed by atoms with Gasteiger partial charge in [-0.1, -0.05) is 12.8 Å². The van der Waals surface area contributed by atoms with Gasteiger partial charge >= 0.3 is 5.97 Å². The molecule has 1 aromatic rings. The summed E-state index contributed by atoms with van der Waals surface area (Å²) >= 11 is 0. The zero-order valence-electron chi connectivity index (χ0n) is 14.7. The zero-order valence-corrected chi connectivity index (χ0v) is 14.7. The lowest BCUT2D eigenvalue weighted by molar-refractivity contribution is -0.146. The minimum Gasteiger partial charge on any atom is -0.497 e. The van der Waals surface area contributed by atoms with E-state index < -0.39 is 17.4 Å². The molecule has 2 rings (SSSR count). The molecule has 25 heavy (non-hydrogen) atoms. The highest BCUT2D eigenvalue weighted by atomic mass is 16.5. The molecule has 2 unspecified atom stereocenters. The maximum Gasteiger partial charge on any atom is 0.308 e. The number of hydrogen-bond donors (Lipinski definition) is 2. The summed E-state index contributed by atoms with van der Waals surface area (Å²) in [6.45, 7) is 1.79. The molecule has 0 aliphatic heterocycles.